The summed E-state index contributed by atoms with van der Waals surface area (Å²) in [6.45, 7) is 0.0509. The number of nitrogens with one attached hydrogen (secondary N) is 2. The molecule has 2 N–H and O–H groups in total. The number of carbonyl (C=O) groups is 2. The summed E-state index contributed by atoms with van der Waals surface area (Å²) >= 11 is 11.5. The first-order valence-electron chi connectivity index (χ1n) is 6.70. The van der Waals surface area contributed by atoms with E-state index in [1.807, 2.05) is 0 Å². The lowest BCUT2D eigenvalue weighted by Crippen LogP contribution is -2.25. The topological polar surface area (TPSA) is 58.2 Å². The van der Waals surface area contributed by atoms with Crippen molar-refractivity contribution in [2.45, 2.75) is 0 Å². The van der Waals surface area contributed by atoms with Crippen LogP contribution in [0.5, 0.6) is 0 Å². The quantitative estimate of drug-likeness (QED) is 0.641. The number of hydrogen-bond donors (Lipinski definition) is 2. The molecular formula is C17H11Cl2FN2O2. The molecule has 0 unspecified atom stereocenters. The number of para-hydroxylation sites is 1. The van der Waals surface area contributed by atoms with Crippen molar-refractivity contribution in [2.24, 2.45) is 0 Å². The van der Waals surface area contributed by atoms with E-state index in [1.165, 1.54) is 12.1 Å². The lowest BCUT2D eigenvalue weighted by Gasteiger charge is -2.11. The van der Waals surface area contributed by atoms with E-state index in [1.54, 1.807) is 12.1 Å². The first-order valence-corrected chi connectivity index (χ1v) is 7.46. The van der Waals surface area contributed by atoms with Crippen LogP contribution >= 0.6 is 23.2 Å². The van der Waals surface area contributed by atoms with Crippen LogP contribution in [0.15, 0.2) is 36.4 Å². The molecule has 0 aliphatic rings. The van der Waals surface area contributed by atoms with Gasteiger partial charge in [-0.25, -0.2) is 4.39 Å². The van der Waals surface area contributed by atoms with Crippen molar-refractivity contribution in [1.82, 2.24) is 5.32 Å². The van der Waals surface area contributed by atoms with Gasteiger partial charge in [-0.2, -0.15) is 0 Å². The van der Waals surface area contributed by atoms with E-state index in [9.17, 15) is 14.0 Å². The lowest BCUT2D eigenvalue weighted by molar-refractivity contribution is 0.0959. The third-order valence-corrected chi connectivity index (χ3v) is 3.63. The third-order valence-electron chi connectivity index (χ3n) is 3.03. The van der Waals surface area contributed by atoms with Gasteiger partial charge in [0, 0.05) is 0 Å². The van der Waals surface area contributed by atoms with Gasteiger partial charge in [0.25, 0.3) is 11.8 Å². The van der Waals surface area contributed by atoms with Crippen molar-refractivity contribution in [3.63, 3.8) is 0 Å². The molecule has 2 aromatic carbocycles. The van der Waals surface area contributed by atoms with Crippen molar-refractivity contribution in [2.75, 3.05) is 11.9 Å². The van der Waals surface area contributed by atoms with Gasteiger partial charge in [0.2, 0.25) is 0 Å². The van der Waals surface area contributed by atoms with Crippen LogP contribution in [-0.4, -0.2) is 18.4 Å². The standard InChI is InChI=1S/C17H11Cl2FN2O2/c1-2-7-21-16(23)10-5-3-4-6-15(10)22-17(24)11-8-14(20)13(19)9-12(11)18/h1,3-6,8-9H,7H2,(H,21,23)(H,22,24). The molecule has 4 nitrogen and oxygen atoms in total. The lowest BCUT2D eigenvalue weighted by atomic mass is 10.1. The number of halogens is 3. The van der Waals surface area contributed by atoms with Crippen LogP contribution in [0.1, 0.15) is 20.7 Å². The highest BCUT2D eigenvalue weighted by Crippen LogP contribution is 2.25. The zero-order valence-electron chi connectivity index (χ0n) is 12.2. The van der Waals surface area contributed by atoms with Crippen molar-refractivity contribution in [3.05, 3.63) is 63.4 Å². The Hall–Kier alpha value is -2.55. The summed E-state index contributed by atoms with van der Waals surface area (Å²) in [5.74, 6) is 0.390. The van der Waals surface area contributed by atoms with Gasteiger partial charge >= 0.3 is 0 Å². The number of rotatable bonds is 4. The highest BCUT2D eigenvalue weighted by atomic mass is 35.5. The number of anilines is 1. The number of benzene rings is 2. The van der Waals surface area contributed by atoms with Crippen LogP contribution in [0.3, 0.4) is 0 Å². The Balaban J connectivity index is 2.29. The molecular weight excluding hydrogens is 354 g/mol. The smallest absolute Gasteiger partial charge is 0.257 e. The Labute approximate surface area is 148 Å². The van der Waals surface area contributed by atoms with E-state index in [0.717, 1.165) is 12.1 Å². The van der Waals surface area contributed by atoms with Crippen molar-refractivity contribution < 1.29 is 14.0 Å². The fraction of sp³-hybridized carbons (Fsp3) is 0.0588. The molecule has 0 aliphatic heterocycles. The first kappa shape index (κ1) is 17.8. The monoisotopic (exact) mass is 364 g/mol. The minimum absolute atomic E-state index is 0.00633. The van der Waals surface area contributed by atoms with Crippen molar-refractivity contribution >= 4 is 40.7 Å². The van der Waals surface area contributed by atoms with Crippen molar-refractivity contribution in [3.8, 4) is 12.3 Å². The summed E-state index contributed by atoms with van der Waals surface area (Å²) in [4.78, 5) is 24.4. The summed E-state index contributed by atoms with van der Waals surface area (Å²) in [6, 6.07) is 8.39. The molecule has 2 aromatic rings. The van der Waals surface area contributed by atoms with Gasteiger partial charge in [-0.1, -0.05) is 41.3 Å². The molecule has 7 heteroatoms. The van der Waals surface area contributed by atoms with E-state index in [-0.39, 0.29) is 33.4 Å². The predicted octanol–water partition coefficient (Wildman–Crippen LogP) is 3.75. The SMILES string of the molecule is C#CCNC(=O)c1ccccc1NC(=O)c1cc(F)c(Cl)cc1Cl. The minimum Gasteiger partial charge on any atom is -0.341 e. The molecule has 24 heavy (non-hydrogen) atoms. The minimum atomic E-state index is -0.772. The highest BCUT2D eigenvalue weighted by molar-refractivity contribution is 6.37. The van der Waals surface area contributed by atoms with Crippen LogP contribution < -0.4 is 10.6 Å². The highest BCUT2D eigenvalue weighted by Gasteiger charge is 2.17. The Morgan fingerprint density at radius 3 is 2.50 bits per heavy atom. The number of hydrogen-bond acceptors (Lipinski definition) is 2. The zero-order valence-corrected chi connectivity index (χ0v) is 13.7. The molecule has 0 heterocycles. The van der Waals surface area contributed by atoms with Crippen LogP contribution in [0, 0.1) is 18.2 Å². The maximum Gasteiger partial charge on any atom is 0.257 e. The summed E-state index contributed by atoms with van der Waals surface area (Å²) < 4.78 is 13.6. The molecule has 2 rings (SSSR count). The first-order chi connectivity index (χ1) is 11.4. The molecule has 0 saturated heterocycles. The second-order valence-corrected chi connectivity index (χ2v) is 5.45. The van der Waals surface area contributed by atoms with E-state index >= 15 is 0 Å². The van der Waals surface area contributed by atoms with Crippen LogP contribution in [-0.2, 0) is 0 Å². The molecule has 0 bridgehead atoms. The average molecular weight is 365 g/mol. The molecule has 122 valence electrons. The maximum absolute atomic E-state index is 13.6. The Morgan fingerprint density at radius 2 is 1.79 bits per heavy atom. The largest absolute Gasteiger partial charge is 0.341 e. The van der Waals surface area contributed by atoms with Crippen molar-refractivity contribution in [1.29, 1.82) is 0 Å². The number of terminal acetylenes is 1. The summed E-state index contributed by atoms with van der Waals surface area (Å²) in [5, 5.41) is 4.83. The maximum atomic E-state index is 13.6. The van der Waals surface area contributed by atoms with E-state index in [4.69, 9.17) is 29.6 Å². The molecule has 0 aliphatic carbocycles. The Morgan fingerprint density at radius 1 is 1.08 bits per heavy atom. The molecule has 2 amide bonds. The van der Waals surface area contributed by atoms with Crippen LogP contribution in [0.4, 0.5) is 10.1 Å². The average Bonchev–Trinajstić information content (AvgIpc) is 2.56. The Kier molecular flexibility index (Phi) is 5.80. The van der Waals surface area contributed by atoms with Gasteiger partial charge < -0.3 is 10.6 Å². The van der Waals surface area contributed by atoms with E-state index in [0.29, 0.717) is 0 Å². The fourth-order valence-corrected chi connectivity index (χ4v) is 2.37. The summed E-state index contributed by atoms with van der Waals surface area (Å²) in [6.07, 6.45) is 5.10. The molecule has 0 spiro atoms. The van der Waals surface area contributed by atoms with Crippen LogP contribution in [0.2, 0.25) is 10.0 Å². The van der Waals surface area contributed by atoms with Crippen LogP contribution in [0.25, 0.3) is 0 Å². The van der Waals surface area contributed by atoms with Gasteiger partial charge in [-0.3, -0.25) is 9.59 Å². The second-order valence-electron chi connectivity index (χ2n) is 4.63. The predicted molar refractivity (Wildman–Crippen MR) is 92.0 cm³/mol. The van der Waals surface area contributed by atoms with E-state index < -0.39 is 17.6 Å². The third kappa shape index (κ3) is 4.05. The molecule has 0 fully saturated rings. The van der Waals surface area contributed by atoms with Gasteiger partial charge in [0.1, 0.15) is 5.82 Å². The molecule has 0 radical (unpaired) electrons. The molecule has 0 saturated carbocycles. The summed E-state index contributed by atoms with van der Waals surface area (Å²) in [5.41, 5.74) is 0.354. The number of carbonyl (C=O) groups excluding carboxylic acids is 2. The second kappa shape index (κ2) is 7.82. The molecule has 0 aromatic heterocycles. The normalized spacial score (nSPS) is 9.92. The van der Waals surface area contributed by atoms with Gasteiger partial charge in [-0.05, 0) is 24.3 Å². The van der Waals surface area contributed by atoms with E-state index in [2.05, 4.69) is 16.6 Å². The molecule has 0 atom stereocenters. The Bertz CT molecular complexity index is 847. The van der Waals surface area contributed by atoms with Gasteiger partial charge in [-0.15, -0.1) is 6.42 Å². The fourth-order valence-electron chi connectivity index (χ4n) is 1.90. The van der Waals surface area contributed by atoms with Gasteiger partial charge in [0.15, 0.2) is 0 Å². The summed E-state index contributed by atoms with van der Waals surface area (Å²) in [7, 11) is 0. The van der Waals surface area contributed by atoms with Gasteiger partial charge in [0.05, 0.1) is 33.4 Å². The number of amides is 2. The zero-order chi connectivity index (χ0) is 17.7.